The van der Waals surface area contributed by atoms with E-state index < -0.39 is 48.0 Å². The molecule has 0 bridgehead atoms. The summed E-state index contributed by atoms with van der Waals surface area (Å²) in [4.78, 5) is 70.0. The monoisotopic (exact) mass is 550 g/mol. The standard InChI is InChI=1S/C24H34N6O9/c1-13(31)25-9-7-5-6-8-10-26-24-28-21-18(22(35)29-24)27-12-30(21)23-20(38-16(4)34)19(37-15(3)33)17(39-23)11-36-14(2)32/h12,17,19-20,23H,5-11H2,1-4H3,(H,25,31)(H2,26,28,29,35)/t17-,19?,20+,23-/m1/s1. The second kappa shape index (κ2) is 13.7. The number of nitrogens with one attached hydrogen (secondary N) is 3. The van der Waals surface area contributed by atoms with Gasteiger partial charge in [0.05, 0.1) is 6.33 Å². The summed E-state index contributed by atoms with van der Waals surface area (Å²) >= 11 is 0. The molecule has 1 aliphatic rings. The molecule has 4 atom stereocenters. The van der Waals surface area contributed by atoms with E-state index in [0.29, 0.717) is 13.1 Å². The van der Waals surface area contributed by atoms with Crippen molar-refractivity contribution in [2.45, 2.75) is 77.9 Å². The molecular weight excluding hydrogens is 516 g/mol. The van der Waals surface area contributed by atoms with E-state index in [1.807, 2.05) is 0 Å². The highest BCUT2D eigenvalue weighted by Crippen LogP contribution is 2.35. The van der Waals surface area contributed by atoms with E-state index in [0.717, 1.165) is 25.7 Å². The number of carbonyl (C=O) groups is 4. The maximum Gasteiger partial charge on any atom is 0.303 e. The highest BCUT2D eigenvalue weighted by Gasteiger charge is 2.51. The molecule has 15 nitrogen and oxygen atoms in total. The van der Waals surface area contributed by atoms with Gasteiger partial charge in [0.15, 0.2) is 29.6 Å². The molecule has 0 spiro atoms. The number of imidazole rings is 1. The first-order valence-corrected chi connectivity index (χ1v) is 12.6. The quantitative estimate of drug-likeness (QED) is 0.178. The highest BCUT2D eigenvalue weighted by atomic mass is 16.7. The molecule has 214 valence electrons. The van der Waals surface area contributed by atoms with Crippen LogP contribution < -0.4 is 16.2 Å². The number of hydrogen-bond donors (Lipinski definition) is 3. The Morgan fingerprint density at radius 3 is 2.28 bits per heavy atom. The molecule has 0 aliphatic carbocycles. The number of aromatic nitrogens is 4. The van der Waals surface area contributed by atoms with E-state index >= 15 is 0 Å². The fraction of sp³-hybridized carbons (Fsp3) is 0.625. The smallest absolute Gasteiger partial charge is 0.303 e. The topological polar surface area (TPSA) is 193 Å². The molecule has 0 aromatic carbocycles. The summed E-state index contributed by atoms with van der Waals surface area (Å²) in [7, 11) is 0. The Hall–Kier alpha value is -4.01. The van der Waals surface area contributed by atoms with Crippen molar-refractivity contribution in [3.8, 4) is 0 Å². The summed E-state index contributed by atoms with van der Waals surface area (Å²) in [5.41, 5.74) is -0.323. The number of unbranched alkanes of at least 4 members (excludes halogenated alkanes) is 3. The lowest BCUT2D eigenvalue weighted by molar-refractivity contribution is -0.166. The van der Waals surface area contributed by atoms with E-state index in [1.165, 1.54) is 38.6 Å². The first-order valence-electron chi connectivity index (χ1n) is 12.6. The van der Waals surface area contributed by atoms with Crippen LogP contribution in [0.15, 0.2) is 11.1 Å². The number of rotatable bonds is 13. The maximum absolute atomic E-state index is 12.7. The second-order valence-electron chi connectivity index (χ2n) is 9.08. The Bertz CT molecular complexity index is 1240. The number of aromatic amines is 1. The summed E-state index contributed by atoms with van der Waals surface area (Å²) < 4.78 is 23.3. The van der Waals surface area contributed by atoms with Gasteiger partial charge in [0.1, 0.15) is 12.7 Å². The number of H-pyrrole nitrogens is 1. The molecule has 1 fully saturated rings. The SMILES string of the molecule is CC(=O)NCCCCCCNc1nc2c(ncn2[C@@H]2O[C@H](COC(C)=O)C(OC(C)=O)[C@@H]2OC(C)=O)c(=O)[nH]1. The summed E-state index contributed by atoms with van der Waals surface area (Å²) in [6.07, 6.45) is 0.555. The molecule has 15 heteroatoms. The summed E-state index contributed by atoms with van der Waals surface area (Å²) in [5, 5.41) is 5.84. The number of amides is 1. The van der Waals surface area contributed by atoms with Crippen LogP contribution in [0.1, 0.15) is 59.6 Å². The highest BCUT2D eigenvalue weighted by molar-refractivity contribution is 5.73. The van der Waals surface area contributed by atoms with Crippen molar-refractivity contribution in [2.75, 3.05) is 25.0 Å². The van der Waals surface area contributed by atoms with Gasteiger partial charge in [-0.05, 0) is 12.8 Å². The van der Waals surface area contributed by atoms with Crippen molar-refractivity contribution in [2.24, 2.45) is 0 Å². The van der Waals surface area contributed by atoms with Crippen LogP contribution in [0.4, 0.5) is 5.95 Å². The number of carbonyl (C=O) groups excluding carboxylic acids is 4. The van der Waals surface area contributed by atoms with Gasteiger partial charge in [-0.25, -0.2) is 4.98 Å². The molecule has 2 aromatic rings. The molecule has 39 heavy (non-hydrogen) atoms. The van der Waals surface area contributed by atoms with Gasteiger partial charge in [-0.1, -0.05) is 12.8 Å². The van der Waals surface area contributed by atoms with Crippen LogP contribution in [0.2, 0.25) is 0 Å². The van der Waals surface area contributed by atoms with E-state index in [-0.39, 0.29) is 29.6 Å². The first-order chi connectivity index (χ1) is 18.6. The van der Waals surface area contributed by atoms with Gasteiger partial charge in [-0.3, -0.25) is 33.5 Å². The zero-order valence-corrected chi connectivity index (χ0v) is 22.4. The van der Waals surface area contributed by atoms with Gasteiger partial charge in [-0.15, -0.1) is 0 Å². The molecule has 1 aliphatic heterocycles. The van der Waals surface area contributed by atoms with Gasteiger partial charge >= 0.3 is 17.9 Å². The molecule has 3 N–H and O–H groups in total. The minimum Gasteiger partial charge on any atom is -0.463 e. The van der Waals surface area contributed by atoms with Crippen LogP contribution in [0.3, 0.4) is 0 Å². The predicted molar refractivity (Wildman–Crippen MR) is 135 cm³/mol. The fourth-order valence-corrected chi connectivity index (χ4v) is 4.19. The number of fused-ring (bicyclic) bond motifs is 1. The van der Waals surface area contributed by atoms with Gasteiger partial charge in [0, 0.05) is 40.8 Å². The van der Waals surface area contributed by atoms with Crippen molar-refractivity contribution < 1.29 is 38.1 Å². The minimum absolute atomic E-state index is 0.0242. The second-order valence-corrected chi connectivity index (χ2v) is 9.08. The van der Waals surface area contributed by atoms with Gasteiger partial charge < -0.3 is 29.6 Å². The van der Waals surface area contributed by atoms with Crippen LogP contribution in [0.25, 0.3) is 11.2 Å². The molecule has 1 amide bonds. The average molecular weight is 551 g/mol. The van der Waals surface area contributed by atoms with Gasteiger partial charge in [-0.2, -0.15) is 4.98 Å². The Balaban J connectivity index is 1.78. The van der Waals surface area contributed by atoms with Crippen molar-refractivity contribution in [1.82, 2.24) is 24.8 Å². The third-order valence-electron chi connectivity index (χ3n) is 5.82. The van der Waals surface area contributed by atoms with Gasteiger partial charge in [0.25, 0.3) is 5.56 Å². The molecular formula is C24H34N6O9. The lowest BCUT2D eigenvalue weighted by Crippen LogP contribution is -2.40. The Morgan fingerprint density at radius 1 is 0.974 bits per heavy atom. The van der Waals surface area contributed by atoms with Crippen LogP contribution in [-0.2, 0) is 38.1 Å². The number of hydrogen-bond acceptors (Lipinski definition) is 12. The zero-order valence-electron chi connectivity index (χ0n) is 22.4. The van der Waals surface area contributed by atoms with E-state index in [2.05, 4.69) is 25.6 Å². The maximum atomic E-state index is 12.7. The minimum atomic E-state index is -1.14. The number of esters is 3. The van der Waals surface area contributed by atoms with Crippen molar-refractivity contribution in [3.05, 3.63) is 16.7 Å². The van der Waals surface area contributed by atoms with Gasteiger partial charge in [0.2, 0.25) is 11.9 Å². The number of ether oxygens (including phenoxy) is 4. The molecule has 0 saturated carbocycles. The lowest BCUT2D eigenvalue weighted by atomic mass is 10.1. The zero-order chi connectivity index (χ0) is 28.5. The average Bonchev–Trinajstić information content (AvgIpc) is 3.40. The normalized spacial score (nSPS) is 20.4. The van der Waals surface area contributed by atoms with Crippen molar-refractivity contribution >= 4 is 40.9 Å². The van der Waals surface area contributed by atoms with Crippen LogP contribution in [-0.4, -0.2) is 81.3 Å². The Labute approximate surface area is 223 Å². The third-order valence-corrected chi connectivity index (χ3v) is 5.82. The summed E-state index contributed by atoms with van der Waals surface area (Å²) in [6.45, 7) is 5.99. The summed E-state index contributed by atoms with van der Waals surface area (Å²) in [5.74, 6) is -1.72. The number of anilines is 1. The third kappa shape index (κ3) is 8.24. The Morgan fingerprint density at radius 2 is 1.64 bits per heavy atom. The van der Waals surface area contributed by atoms with Crippen molar-refractivity contribution in [3.63, 3.8) is 0 Å². The van der Waals surface area contributed by atoms with Crippen LogP contribution in [0.5, 0.6) is 0 Å². The Kier molecular flexibility index (Phi) is 10.4. The molecule has 3 rings (SSSR count). The fourth-order valence-electron chi connectivity index (χ4n) is 4.19. The largest absolute Gasteiger partial charge is 0.463 e. The van der Waals surface area contributed by atoms with Crippen LogP contribution in [0, 0.1) is 0 Å². The molecule has 2 aromatic heterocycles. The van der Waals surface area contributed by atoms with E-state index in [4.69, 9.17) is 18.9 Å². The number of nitrogens with zero attached hydrogens (tertiary/aromatic N) is 3. The molecule has 1 unspecified atom stereocenters. The summed E-state index contributed by atoms with van der Waals surface area (Å²) in [6, 6.07) is 0. The predicted octanol–water partition coefficient (Wildman–Crippen LogP) is 0.552. The van der Waals surface area contributed by atoms with E-state index in [9.17, 15) is 24.0 Å². The lowest BCUT2D eigenvalue weighted by Gasteiger charge is -2.23. The first kappa shape index (κ1) is 29.5. The molecule has 1 saturated heterocycles. The molecule has 3 heterocycles. The molecule has 0 radical (unpaired) electrons. The van der Waals surface area contributed by atoms with E-state index in [1.54, 1.807) is 0 Å². The van der Waals surface area contributed by atoms with Crippen LogP contribution >= 0.6 is 0 Å². The van der Waals surface area contributed by atoms with Crippen molar-refractivity contribution in [1.29, 1.82) is 0 Å².